The largest absolute Gasteiger partial charge is 0.496 e. The van der Waals surface area contributed by atoms with Gasteiger partial charge in [-0.3, -0.25) is 14.9 Å². The highest BCUT2D eigenvalue weighted by Crippen LogP contribution is 2.31. The van der Waals surface area contributed by atoms with Crippen molar-refractivity contribution >= 4 is 17.4 Å². The second-order valence-electron chi connectivity index (χ2n) is 5.99. The van der Waals surface area contributed by atoms with Crippen molar-refractivity contribution in [3.8, 4) is 17.2 Å². The van der Waals surface area contributed by atoms with Crippen molar-refractivity contribution in [2.24, 2.45) is 0 Å². The maximum absolute atomic E-state index is 13.1. The Hall–Kier alpha value is -3.95. The van der Waals surface area contributed by atoms with Crippen molar-refractivity contribution in [2.75, 3.05) is 19.0 Å². The molecule has 0 aliphatic rings. The zero-order valence-corrected chi connectivity index (χ0v) is 15.6. The molecule has 1 heterocycles. The lowest BCUT2D eigenvalue weighted by atomic mass is 10.3. The molecule has 3 aromatic rings. The lowest BCUT2D eigenvalue weighted by Crippen LogP contribution is -2.22. The number of amides is 1. The Labute approximate surface area is 164 Å². The van der Waals surface area contributed by atoms with Gasteiger partial charge in [0.1, 0.15) is 17.4 Å². The molecule has 3 rings (SSSR count). The molecule has 0 unspecified atom stereocenters. The Morgan fingerprint density at radius 3 is 2.62 bits per heavy atom. The molecule has 150 valence electrons. The zero-order chi connectivity index (χ0) is 21.0. The van der Waals surface area contributed by atoms with Crippen LogP contribution in [0.5, 0.6) is 11.5 Å². The Balaban J connectivity index is 1.73. The summed E-state index contributed by atoms with van der Waals surface area (Å²) < 4.78 is 24.9. The Morgan fingerprint density at radius 2 is 1.97 bits per heavy atom. The number of anilines is 1. The van der Waals surface area contributed by atoms with Gasteiger partial charge in [-0.05, 0) is 43.3 Å². The molecule has 1 aromatic heterocycles. The fourth-order valence-electron chi connectivity index (χ4n) is 2.58. The number of carbonyl (C=O) groups is 1. The lowest BCUT2D eigenvalue weighted by Gasteiger charge is -2.10. The number of rotatable bonds is 7. The van der Waals surface area contributed by atoms with Gasteiger partial charge in [-0.2, -0.15) is 5.10 Å². The third-order valence-electron chi connectivity index (χ3n) is 3.89. The maximum atomic E-state index is 13.1. The minimum absolute atomic E-state index is 0.0610. The standard InChI is InChI=1S/C19H17FN4O5/c1-12-9-18(23(22-12)14-5-3-13(20)4-6-14)21-19(25)11-29-17-8-7-15(28-2)10-16(17)24(26)27/h3-10H,11H2,1-2H3,(H,21,25). The van der Waals surface area contributed by atoms with Crippen molar-refractivity contribution < 1.29 is 23.6 Å². The van der Waals surface area contributed by atoms with E-state index in [0.29, 0.717) is 22.9 Å². The number of benzene rings is 2. The van der Waals surface area contributed by atoms with E-state index in [2.05, 4.69) is 10.4 Å². The molecule has 0 fully saturated rings. The molecule has 1 amide bonds. The maximum Gasteiger partial charge on any atom is 0.314 e. The average Bonchev–Trinajstić information content (AvgIpc) is 3.06. The van der Waals surface area contributed by atoms with Crippen molar-refractivity contribution in [1.29, 1.82) is 0 Å². The van der Waals surface area contributed by atoms with E-state index in [1.165, 1.54) is 54.3 Å². The molecule has 0 aliphatic carbocycles. The summed E-state index contributed by atoms with van der Waals surface area (Å²) >= 11 is 0. The minimum Gasteiger partial charge on any atom is -0.496 e. The van der Waals surface area contributed by atoms with Gasteiger partial charge in [0.05, 0.1) is 29.5 Å². The van der Waals surface area contributed by atoms with Crippen LogP contribution in [0.1, 0.15) is 5.69 Å². The lowest BCUT2D eigenvalue weighted by molar-refractivity contribution is -0.385. The number of carbonyl (C=O) groups excluding carboxylic acids is 1. The topological polar surface area (TPSA) is 109 Å². The molecular formula is C19H17FN4O5. The van der Waals surface area contributed by atoms with Crippen LogP contribution in [0.15, 0.2) is 48.5 Å². The van der Waals surface area contributed by atoms with Gasteiger partial charge in [0.25, 0.3) is 5.91 Å². The van der Waals surface area contributed by atoms with Crippen LogP contribution in [-0.4, -0.2) is 34.3 Å². The molecule has 2 aromatic carbocycles. The fourth-order valence-corrected chi connectivity index (χ4v) is 2.58. The summed E-state index contributed by atoms with van der Waals surface area (Å²) in [5, 5.41) is 18.1. The summed E-state index contributed by atoms with van der Waals surface area (Å²) in [6, 6.07) is 11.3. The number of nitro benzene ring substituents is 1. The number of aromatic nitrogens is 2. The molecule has 0 radical (unpaired) electrons. The van der Waals surface area contributed by atoms with Gasteiger partial charge in [-0.1, -0.05) is 0 Å². The summed E-state index contributed by atoms with van der Waals surface area (Å²) in [4.78, 5) is 22.9. The number of hydrogen-bond donors (Lipinski definition) is 1. The predicted octanol–water partition coefficient (Wildman–Crippen LogP) is 3.25. The third kappa shape index (κ3) is 4.67. The van der Waals surface area contributed by atoms with Gasteiger partial charge in [0.15, 0.2) is 12.4 Å². The number of methoxy groups -OCH3 is 1. The second kappa shape index (κ2) is 8.38. The monoisotopic (exact) mass is 400 g/mol. The quantitative estimate of drug-likeness (QED) is 0.482. The molecule has 0 spiro atoms. The van der Waals surface area contributed by atoms with E-state index in [4.69, 9.17) is 9.47 Å². The normalized spacial score (nSPS) is 10.4. The smallest absolute Gasteiger partial charge is 0.314 e. The van der Waals surface area contributed by atoms with Crippen molar-refractivity contribution in [1.82, 2.24) is 9.78 Å². The molecule has 10 heteroatoms. The van der Waals surface area contributed by atoms with Crippen LogP contribution < -0.4 is 14.8 Å². The first-order valence-corrected chi connectivity index (χ1v) is 8.45. The van der Waals surface area contributed by atoms with Crippen LogP contribution in [0.4, 0.5) is 15.9 Å². The van der Waals surface area contributed by atoms with Crippen molar-refractivity contribution in [2.45, 2.75) is 6.92 Å². The molecule has 9 nitrogen and oxygen atoms in total. The van der Waals surface area contributed by atoms with Crippen LogP contribution in [0.25, 0.3) is 5.69 Å². The molecule has 0 atom stereocenters. The number of hydrogen-bond acceptors (Lipinski definition) is 6. The summed E-state index contributed by atoms with van der Waals surface area (Å²) in [5.74, 6) is -0.343. The van der Waals surface area contributed by atoms with Crippen LogP contribution in [0.3, 0.4) is 0 Å². The predicted molar refractivity (Wildman–Crippen MR) is 102 cm³/mol. The van der Waals surface area contributed by atoms with Gasteiger partial charge in [0.2, 0.25) is 0 Å². The number of nitrogens with one attached hydrogen (secondary N) is 1. The van der Waals surface area contributed by atoms with Crippen LogP contribution in [-0.2, 0) is 4.79 Å². The number of nitro groups is 1. The molecule has 0 bridgehead atoms. The van der Waals surface area contributed by atoms with E-state index in [1.807, 2.05) is 0 Å². The number of aryl methyl sites for hydroxylation is 1. The summed E-state index contributed by atoms with van der Waals surface area (Å²) in [5.41, 5.74) is 0.877. The Kier molecular flexibility index (Phi) is 5.72. The fraction of sp³-hybridized carbons (Fsp3) is 0.158. The van der Waals surface area contributed by atoms with E-state index in [0.717, 1.165) is 0 Å². The highest BCUT2D eigenvalue weighted by molar-refractivity contribution is 5.91. The first-order chi connectivity index (χ1) is 13.9. The molecular weight excluding hydrogens is 383 g/mol. The number of ether oxygens (including phenoxy) is 2. The van der Waals surface area contributed by atoms with E-state index in [9.17, 15) is 19.3 Å². The molecule has 29 heavy (non-hydrogen) atoms. The molecule has 0 aliphatic heterocycles. The SMILES string of the molecule is COc1ccc(OCC(=O)Nc2cc(C)nn2-c2ccc(F)cc2)c([N+](=O)[O-])c1. The Morgan fingerprint density at radius 1 is 1.24 bits per heavy atom. The number of nitrogens with zero attached hydrogens (tertiary/aromatic N) is 3. The van der Waals surface area contributed by atoms with E-state index < -0.39 is 23.3 Å². The van der Waals surface area contributed by atoms with Gasteiger partial charge >= 0.3 is 5.69 Å². The first-order valence-electron chi connectivity index (χ1n) is 8.45. The van der Waals surface area contributed by atoms with E-state index in [-0.39, 0.29) is 11.4 Å². The first kappa shape index (κ1) is 19.8. The second-order valence-corrected chi connectivity index (χ2v) is 5.99. The van der Waals surface area contributed by atoms with Crippen LogP contribution in [0, 0.1) is 22.9 Å². The molecule has 0 saturated heterocycles. The number of halogens is 1. The summed E-state index contributed by atoms with van der Waals surface area (Å²) in [7, 11) is 1.39. The Bertz CT molecular complexity index is 1050. The van der Waals surface area contributed by atoms with Crippen LogP contribution >= 0.6 is 0 Å². The summed E-state index contributed by atoms with van der Waals surface area (Å²) in [6.45, 7) is 1.29. The highest BCUT2D eigenvalue weighted by atomic mass is 19.1. The van der Waals surface area contributed by atoms with Crippen LogP contribution in [0.2, 0.25) is 0 Å². The van der Waals surface area contributed by atoms with Crippen molar-refractivity contribution in [3.05, 3.63) is 70.2 Å². The highest BCUT2D eigenvalue weighted by Gasteiger charge is 2.18. The third-order valence-corrected chi connectivity index (χ3v) is 3.89. The molecule has 0 saturated carbocycles. The van der Waals surface area contributed by atoms with Gasteiger partial charge < -0.3 is 14.8 Å². The average molecular weight is 400 g/mol. The molecule has 1 N–H and O–H groups in total. The zero-order valence-electron chi connectivity index (χ0n) is 15.6. The van der Waals surface area contributed by atoms with Gasteiger partial charge in [-0.25, -0.2) is 9.07 Å². The summed E-state index contributed by atoms with van der Waals surface area (Å²) in [6.07, 6.45) is 0. The van der Waals surface area contributed by atoms with Gasteiger partial charge in [-0.15, -0.1) is 0 Å². The van der Waals surface area contributed by atoms with E-state index >= 15 is 0 Å². The van der Waals surface area contributed by atoms with E-state index in [1.54, 1.807) is 13.0 Å². The minimum atomic E-state index is -0.622. The van der Waals surface area contributed by atoms with Gasteiger partial charge in [0, 0.05) is 6.07 Å². The van der Waals surface area contributed by atoms with Crippen molar-refractivity contribution in [3.63, 3.8) is 0 Å².